The van der Waals surface area contributed by atoms with Crippen LogP contribution in [0.25, 0.3) is 11.1 Å². The Morgan fingerprint density at radius 1 is 0.941 bits per heavy atom. The van der Waals surface area contributed by atoms with Crippen LogP contribution in [0, 0.1) is 0 Å². The summed E-state index contributed by atoms with van der Waals surface area (Å²) in [4.78, 5) is 3.37. The van der Waals surface area contributed by atoms with Gasteiger partial charge in [0, 0.05) is 5.56 Å². The average Bonchev–Trinajstić information content (AvgIpc) is 2.29. The lowest BCUT2D eigenvalue weighted by Gasteiger charge is -2.12. The van der Waals surface area contributed by atoms with Crippen LogP contribution in [0.15, 0.2) is 42.5 Å². The molecule has 2 rings (SSSR count). The van der Waals surface area contributed by atoms with Gasteiger partial charge in [0.05, 0.1) is 0 Å². The highest BCUT2D eigenvalue weighted by molar-refractivity contribution is 5.67. The predicted molar refractivity (Wildman–Crippen MR) is 59.1 cm³/mol. The average molecular weight is 238 g/mol. The summed E-state index contributed by atoms with van der Waals surface area (Å²) in [5.74, 6) is -0.142. The van der Waals surface area contributed by atoms with Gasteiger partial charge in [-0.1, -0.05) is 30.3 Å². The van der Waals surface area contributed by atoms with Gasteiger partial charge in [-0.2, -0.15) is 13.2 Å². The van der Waals surface area contributed by atoms with Crippen molar-refractivity contribution in [1.29, 1.82) is 0 Å². The predicted octanol–water partition coefficient (Wildman–Crippen LogP) is 3.35. The fraction of sp³-hybridized carbons (Fsp3) is 0.0833. The van der Waals surface area contributed by atoms with Crippen molar-refractivity contribution in [2.75, 3.05) is 5.73 Å². The highest BCUT2D eigenvalue weighted by Gasteiger charge is 2.35. The summed E-state index contributed by atoms with van der Waals surface area (Å²) in [7, 11) is 0. The second-order valence-corrected chi connectivity index (χ2v) is 3.50. The van der Waals surface area contributed by atoms with E-state index in [4.69, 9.17) is 5.73 Å². The van der Waals surface area contributed by atoms with Crippen LogP contribution in [0.5, 0.6) is 0 Å². The van der Waals surface area contributed by atoms with Crippen LogP contribution in [0.1, 0.15) is 5.69 Å². The van der Waals surface area contributed by atoms with E-state index in [0.717, 1.165) is 0 Å². The van der Waals surface area contributed by atoms with Gasteiger partial charge in [0.1, 0.15) is 5.82 Å². The van der Waals surface area contributed by atoms with Crippen LogP contribution in [-0.4, -0.2) is 4.98 Å². The first-order valence-electron chi connectivity index (χ1n) is 4.87. The Morgan fingerprint density at radius 2 is 1.59 bits per heavy atom. The number of rotatable bonds is 1. The van der Waals surface area contributed by atoms with E-state index < -0.39 is 11.9 Å². The number of alkyl halides is 3. The molecule has 0 aliphatic carbocycles. The fourth-order valence-electron chi connectivity index (χ4n) is 1.54. The van der Waals surface area contributed by atoms with Gasteiger partial charge in [0.15, 0.2) is 5.69 Å². The minimum Gasteiger partial charge on any atom is -0.384 e. The van der Waals surface area contributed by atoms with Gasteiger partial charge in [-0.3, -0.25) is 0 Å². The third-order valence-electron chi connectivity index (χ3n) is 2.27. The molecule has 0 atom stereocenters. The molecule has 1 aromatic heterocycles. The Bertz CT molecular complexity index is 521. The molecule has 0 spiro atoms. The van der Waals surface area contributed by atoms with E-state index in [2.05, 4.69) is 4.98 Å². The molecule has 0 fully saturated rings. The summed E-state index contributed by atoms with van der Waals surface area (Å²) in [5, 5.41) is 0. The number of nitrogens with two attached hydrogens (primary N) is 1. The molecule has 5 heteroatoms. The van der Waals surface area contributed by atoms with Crippen molar-refractivity contribution in [3.63, 3.8) is 0 Å². The van der Waals surface area contributed by atoms with Crippen LogP contribution in [0.4, 0.5) is 19.0 Å². The molecular weight excluding hydrogens is 229 g/mol. The molecule has 0 amide bonds. The van der Waals surface area contributed by atoms with E-state index in [1.807, 2.05) is 0 Å². The van der Waals surface area contributed by atoms with E-state index >= 15 is 0 Å². The van der Waals surface area contributed by atoms with Crippen molar-refractivity contribution in [3.05, 3.63) is 48.2 Å². The molecule has 2 aromatic rings. The zero-order valence-corrected chi connectivity index (χ0v) is 8.70. The Morgan fingerprint density at radius 3 is 2.18 bits per heavy atom. The lowest BCUT2D eigenvalue weighted by Crippen LogP contribution is -2.11. The number of aromatic nitrogens is 1. The van der Waals surface area contributed by atoms with Crippen LogP contribution in [0.2, 0.25) is 0 Å². The smallest absolute Gasteiger partial charge is 0.384 e. The molecule has 0 radical (unpaired) electrons. The van der Waals surface area contributed by atoms with Crippen LogP contribution in [0.3, 0.4) is 0 Å². The van der Waals surface area contributed by atoms with E-state index in [1.165, 1.54) is 12.1 Å². The van der Waals surface area contributed by atoms with Crippen molar-refractivity contribution < 1.29 is 13.2 Å². The molecule has 17 heavy (non-hydrogen) atoms. The number of hydrogen-bond donors (Lipinski definition) is 1. The lowest BCUT2D eigenvalue weighted by molar-refractivity contribution is -0.140. The third-order valence-corrected chi connectivity index (χ3v) is 2.27. The summed E-state index contributed by atoms with van der Waals surface area (Å²) in [6, 6.07) is 11.0. The number of nitrogens with zero attached hydrogens (tertiary/aromatic N) is 1. The van der Waals surface area contributed by atoms with E-state index in [-0.39, 0.29) is 11.4 Å². The minimum atomic E-state index is -4.51. The topological polar surface area (TPSA) is 38.9 Å². The standard InChI is InChI=1S/C12H9F3N2/c13-12(14,15)11-9(6-7-10(16)17-11)8-4-2-1-3-5-8/h1-7H,(H2,16,17). The van der Waals surface area contributed by atoms with Gasteiger partial charge in [-0.05, 0) is 17.7 Å². The van der Waals surface area contributed by atoms with Gasteiger partial charge in [-0.15, -0.1) is 0 Å². The Balaban J connectivity index is 2.63. The molecule has 0 unspecified atom stereocenters. The molecule has 0 saturated heterocycles. The maximum atomic E-state index is 12.8. The summed E-state index contributed by atoms with van der Waals surface area (Å²) < 4.78 is 38.4. The Hall–Kier alpha value is -2.04. The molecular formula is C12H9F3N2. The fourth-order valence-corrected chi connectivity index (χ4v) is 1.54. The molecule has 0 saturated carbocycles. The number of hydrogen-bond acceptors (Lipinski definition) is 2. The molecule has 1 heterocycles. The molecule has 0 bridgehead atoms. The van der Waals surface area contributed by atoms with E-state index in [1.54, 1.807) is 30.3 Å². The van der Waals surface area contributed by atoms with Crippen molar-refractivity contribution >= 4 is 5.82 Å². The normalized spacial score (nSPS) is 11.5. The van der Waals surface area contributed by atoms with Crippen molar-refractivity contribution in [3.8, 4) is 11.1 Å². The first-order chi connectivity index (χ1) is 7.98. The largest absolute Gasteiger partial charge is 0.434 e. The van der Waals surface area contributed by atoms with Crippen LogP contribution < -0.4 is 5.73 Å². The molecule has 0 aliphatic rings. The summed E-state index contributed by atoms with van der Waals surface area (Å²) in [5.41, 5.74) is 4.84. The second-order valence-electron chi connectivity index (χ2n) is 3.50. The van der Waals surface area contributed by atoms with Crippen molar-refractivity contribution in [2.24, 2.45) is 0 Å². The highest BCUT2D eigenvalue weighted by Crippen LogP contribution is 2.35. The quantitative estimate of drug-likeness (QED) is 0.827. The number of nitrogen functional groups attached to an aromatic ring is 1. The van der Waals surface area contributed by atoms with Gasteiger partial charge in [0.25, 0.3) is 0 Å². The first kappa shape index (κ1) is 11.4. The number of benzene rings is 1. The second kappa shape index (κ2) is 4.08. The molecule has 2 N–H and O–H groups in total. The lowest BCUT2D eigenvalue weighted by atomic mass is 10.0. The summed E-state index contributed by atoms with van der Waals surface area (Å²) in [6.45, 7) is 0. The monoisotopic (exact) mass is 238 g/mol. The zero-order chi connectivity index (χ0) is 12.5. The maximum Gasteiger partial charge on any atom is 0.434 e. The summed E-state index contributed by atoms with van der Waals surface area (Å²) in [6.07, 6.45) is -4.51. The van der Waals surface area contributed by atoms with E-state index in [0.29, 0.717) is 5.56 Å². The van der Waals surface area contributed by atoms with Gasteiger partial charge in [-0.25, -0.2) is 4.98 Å². The van der Waals surface area contributed by atoms with Gasteiger partial charge < -0.3 is 5.73 Å². The maximum absolute atomic E-state index is 12.8. The number of halogens is 3. The summed E-state index contributed by atoms with van der Waals surface area (Å²) >= 11 is 0. The van der Waals surface area contributed by atoms with Crippen LogP contribution in [-0.2, 0) is 6.18 Å². The molecule has 88 valence electrons. The highest BCUT2D eigenvalue weighted by atomic mass is 19.4. The number of pyridine rings is 1. The van der Waals surface area contributed by atoms with E-state index in [9.17, 15) is 13.2 Å². The SMILES string of the molecule is Nc1ccc(-c2ccccc2)c(C(F)(F)F)n1. The minimum absolute atomic E-state index is 0.0345. The molecule has 1 aromatic carbocycles. The van der Waals surface area contributed by atoms with Gasteiger partial charge in [0.2, 0.25) is 0 Å². The Kier molecular flexibility index (Phi) is 2.75. The Labute approximate surface area is 95.9 Å². The van der Waals surface area contributed by atoms with Crippen molar-refractivity contribution in [1.82, 2.24) is 4.98 Å². The van der Waals surface area contributed by atoms with Crippen LogP contribution >= 0.6 is 0 Å². The zero-order valence-electron chi connectivity index (χ0n) is 8.70. The first-order valence-corrected chi connectivity index (χ1v) is 4.87. The van der Waals surface area contributed by atoms with Gasteiger partial charge >= 0.3 is 6.18 Å². The number of anilines is 1. The molecule has 0 aliphatic heterocycles. The van der Waals surface area contributed by atoms with Crippen molar-refractivity contribution in [2.45, 2.75) is 6.18 Å². The molecule has 2 nitrogen and oxygen atoms in total. The third kappa shape index (κ3) is 2.38.